The fourth-order valence-electron chi connectivity index (χ4n) is 4.10. The van der Waals surface area contributed by atoms with E-state index in [-0.39, 0.29) is 16.4 Å². The molecule has 0 aliphatic carbocycles. The molecule has 5 rings (SSSR count). The Labute approximate surface area is 208 Å². The molecule has 35 heavy (non-hydrogen) atoms. The highest BCUT2D eigenvalue weighted by Crippen LogP contribution is 2.27. The van der Waals surface area contributed by atoms with E-state index in [1.165, 1.54) is 27.5 Å². The van der Waals surface area contributed by atoms with Crippen LogP contribution in [0, 0.1) is 0 Å². The maximum absolute atomic E-state index is 11.8. The molecule has 4 aromatic rings. The van der Waals surface area contributed by atoms with Gasteiger partial charge in [0.15, 0.2) is 0 Å². The van der Waals surface area contributed by atoms with E-state index in [4.69, 9.17) is 4.79 Å². The quantitative estimate of drug-likeness (QED) is 0.363. The number of fused-ring (bicyclic) bond motifs is 1. The van der Waals surface area contributed by atoms with Crippen molar-refractivity contribution in [3.8, 4) is 11.1 Å². The number of amides is 3. The lowest BCUT2D eigenvalue weighted by Gasteiger charge is -2.10. The zero-order valence-electron chi connectivity index (χ0n) is 19.4. The Bertz CT molecular complexity index is 1350. The van der Waals surface area contributed by atoms with Gasteiger partial charge in [0.1, 0.15) is 0 Å². The lowest BCUT2D eigenvalue weighted by atomic mass is 9.95. The summed E-state index contributed by atoms with van der Waals surface area (Å²) < 4.78 is 0. The molecule has 2 N–H and O–H groups in total. The number of nitrogens with one attached hydrogen (secondary N) is 2. The van der Waals surface area contributed by atoms with E-state index in [0.717, 1.165) is 29.3 Å². The number of benzene rings is 4. The van der Waals surface area contributed by atoms with Gasteiger partial charge >= 0.3 is 0 Å². The molecule has 6 heteroatoms. The standard InChI is InChI=1S/C27H21NO2S.C2H5NO/c29-26-25(31-27(30)28-26)17-18-11-13-20(14-12-18)22-8-3-5-19(15-22)16-23-9-4-7-21-6-1-2-10-24(21)23;1-3-2-4/h1-15,25H,16-17H2,(H,28,29,30);2H,1H3,(H,3,4). The van der Waals surface area contributed by atoms with Crippen molar-refractivity contribution in [3.63, 3.8) is 0 Å². The lowest BCUT2D eigenvalue weighted by molar-refractivity contribution is -0.119. The summed E-state index contributed by atoms with van der Waals surface area (Å²) in [4.78, 5) is 32.2. The maximum Gasteiger partial charge on any atom is 0.286 e. The Morgan fingerprint density at radius 3 is 2.29 bits per heavy atom. The van der Waals surface area contributed by atoms with Crippen molar-refractivity contribution in [2.24, 2.45) is 0 Å². The summed E-state index contributed by atoms with van der Waals surface area (Å²) in [5.74, 6) is -0.194. The molecule has 1 aliphatic heterocycles. The monoisotopic (exact) mass is 482 g/mol. The molecule has 1 saturated heterocycles. The van der Waals surface area contributed by atoms with Gasteiger partial charge in [-0.05, 0) is 51.4 Å². The SMILES string of the molecule is CNC=O.O=C1NC(=O)C(Cc2ccc(-c3cccc(Cc4cccc5ccccc45)c3)cc2)S1. The largest absolute Gasteiger partial charge is 0.362 e. The van der Waals surface area contributed by atoms with Crippen LogP contribution in [0.25, 0.3) is 21.9 Å². The molecular formula is C29H26N2O3S. The van der Waals surface area contributed by atoms with Crippen molar-refractivity contribution >= 4 is 40.1 Å². The first-order valence-electron chi connectivity index (χ1n) is 11.3. The first-order chi connectivity index (χ1) is 17.1. The molecule has 0 aromatic heterocycles. The number of thioether (sulfide) groups is 1. The van der Waals surface area contributed by atoms with Crippen LogP contribution in [-0.2, 0) is 22.4 Å². The van der Waals surface area contributed by atoms with Crippen LogP contribution in [0.4, 0.5) is 4.79 Å². The van der Waals surface area contributed by atoms with Crippen molar-refractivity contribution in [1.82, 2.24) is 10.6 Å². The van der Waals surface area contributed by atoms with Gasteiger partial charge < -0.3 is 5.32 Å². The molecule has 1 unspecified atom stereocenters. The van der Waals surface area contributed by atoms with Gasteiger partial charge in [0.05, 0.1) is 5.25 Å². The topological polar surface area (TPSA) is 75.3 Å². The van der Waals surface area contributed by atoms with Crippen molar-refractivity contribution < 1.29 is 14.4 Å². The zero-order chi connectivity index (χ0) is 24.6. The average molecular weight is 483 g/mol. The minimum atomic E-state index is -0.331. The third kappa shape index (κ3) is 6.16. The van der Waals surface area contributed by atoms with E-state index in [0.29, 0.717) is 12.8 Å². The summed E-state index contributed by atoms with van der Waals surface area (Å²) >= 11 is 1.07. The van der Waals surface area contributed by atoms with Crippen LogP contribution in [-0.4, -0.2) is 29.9 Å². The number of carbonyl (C=O) groups is 3. The Kier molecular flexibility index (Phi) is 7.95. The Hall–Kier alpha value is -3.90. The molecule has 4 aromatic carbocycles. The molecule has 176 valence electrons. The molecule has 1 atom stereocenters. The second-order valence-corrected chi connectivity index (χ2v) is 9.38. The van der Waals surface area contributed by atoms with E-state index in [1.54, 1.807) is 7.05 Å². The number of rotatable bonds is 6. The highest BCUT2D eigenvalue weighted by molar-refractivity contribution is 8.15. The summed E-state index contributed by atoms with van der Waals surface area (Å²) in [6, 6.07) is 31.9. The van der Waals surface area contributed by atoms with Crippen molar-refractivity contribution in [2.45, 2.75) is 18.1 Å². The number of hydrogen-bond acceptors (Lipinski definition) is 4. The van der Waals surface area contributed by atoms with E-state index < -0.39 is 0 Å². The van der Waals surface area contributed by atoms with Gasteiger partial charge in [-0.25, -0.2) is 0 Å². The molecule has 5 nitrogen and oxygen atoms in total. The Morgan fingerprint density at radius 1 is 0.857 bits per heavy atom. The van der Waals surface area contributed by atoms with E-state index in [1.807, 2.05) is 12.1 Å². The van der Waals surface area contributed by atoms with Crippen LogP contribution < -0.4 is 10.6 Å². The third-order valence-electron chi connectivity index (χ3n) is 5.79. The van der Waals surface area contributed by atoms with Gasteiger partial charge in [-0.15, -0.1) is 0 Å². The first kappa shape index (κ1) is 24.2. The Balaban J connectivity index is 0.000000672. The van der Waals surface area contributed by atoms with Crippen molar-refractivity contribution in [2.75, 3.05) is 7.05 Å². The van der Waals surface area contributed by atoms with E-state index in [9.17, 15) is 9.59 Å². The first-order valence-corrected chi connectivity index (χ1v) is 12.2. The van der Waals surface area contributed by atoms with Gasteiger partial charge in [0.25, 0.3) is 5.24 Å². The van der Waals surface area contributed by atoms with Crippen LogP contribution in [0.5, 0.6) is 0 Å². The summed E-state index contributed by atoms with van der Waals surface area (Å²) in [5.41, 5.74) is 5.97. The maximum atomic E-state index is 11.8. The summed E-state index contributed by atoms with van der Waals surface area (Å²) in [6.45, 7) is 0. The third-order valence-corrected chi connectivity index (χ3v) is 6.78. The minimum absolute atomic E-state index is 0.194. The van der Waals surface area contributed by atoms with Crippen molar-refractivity contribution in [3.05, 3.63) is 108 Å². The smallest absolute Gasteiger partial charge is 0.286 e. The van der Waals surface area contributed by atoms with Gasteiger partial charge in [0.2, 0.25) is 12.3 Å². The number of hydrogen-bond donors (Lipinski definition) is 2. The van der Waals surface area contributed by atoms with Crippen LogP contribution in [0.3, 0.4) is 0 Å². The summed E-state index contributed by atoms with van der Waals surface area (Å²) in [7, 11) is 1.56. The van der Waals surface area contributed by atoms with Crippen LogP contribution in [0.1, 0.15) is 16.7 Å². The van der Waals surface area contributed by atoms with E-state index >= 15 is 0 Å². The summed E-state index contributed by atoms with van der Waals surface area (Å²) in [5, 5.41) is 6.57. The Morgan fingerprint density at radius 2 is 1.57 bits per heavy atom. The van der Waals surface area contributed by atoms with Crippen LogP contribution >= 0.6 is 11.8 Å². The second-order valence-electron chi connectivity index (χ2n) is 8.21. The molecule has 0 bridgehead atoms. The molecule has 0 radical (unpaired) electrons. The molecule has 0 saturated carbocycles. The fourth-order valence-corrected chi connectivity index (χ4v) is 4.96. The predicted octanol–water partition coefficient (Wildman–Crippen LogP) is 5.35. The fraction of sp³-hybridized carbons (Fsp3) is 0.138. The number of carbonyl (C=O) groups excluding carboxylic acids is 3. The van der Waals surface area contributed by atoms with Gasteiger partial charge in [0, 0.05) is 7.05 Å². The predicted molar refractivity (Wildman–Crippen MR) is 142 cm³/mol. The average Bonchev–Trinajstić information content (AvgIpc) is 3.21. The van der Waals surface area contributed by atoms with Gasteiger partial charge in [-0.1, -0.05) is 103 Å². The van der Waals surface area contributed by atoms with Crippen molar-refractivity contribution in [1.29, 1.82) is 0 Å². The summed E-state index contributed by atoms with van der Waals surface area (Å²) in [6.07, 6.45) is 2.07. The molecule has 1 fully saturated rings. The van der Waals surface area contributed by atoms with Gasteiger partial charge in [-0.2, -0.15) is 0 Å². The minimum Gasteiger partial charge on any atom is -0.362 e. The van der Waals surface area contributed by atoms with E-state index in [2.05, 4.69) is 89.5 Å². The normalized spacial score (nSPS) is 14.7. The van der Waals surface area contributed by atoms with Crippen LogP contribution in [0.15, 0.2) is 91.0 Å². The highest BCUT2D eigenvalue weighted by atomic mass is 32.2. The molecule has 0 spiro atoms. The highest BCUT2D eigenvalue weighted by Gasteiger charge is 2.31. The molecule has 1 heterocycles. The molecule has 1 aliphatic rings. The lowest BCUT2D eigenvalue weighted by Crippen LogP contribution is -2.25. The van der Waals surface area contributed by atoms with Gasteiger partial charge in [-0.3, -0.25) is 19.7 Å². The number of imide groups is 1. The zero-order valence-corrected chi connectivity index (χ0v) is 20.2. The molecule has 3 amide bonds. The second kappa shape index (κ2) is 11.5. The van der Waals surface area contributed by atoms with Crippen LogP contribution in [0.2, 0.25) is 0 Å². The molecular weight excluding hydrogens is 456 g/mol.